The first-order valence-electron chi connectivity index (χ1n) is 4.44. The van der Waals surface area contributed by atoms with Crippen LogP contribution in [-0.4, -0.2) is 28.0 Å². The van der Waals surface area contributed by atoms with Crippen LogP contribution in [0.25, 0.3) is 0 Å². The maximum Gasteiger partial charge on any atom is 0.221 e. The van der Waals surface area contributed by atoms with E-state index >= 15 is 0 Å². The highest BCUT2D eigenvalue weighted by molar-refractivity contribution is 4.94. The number of hydrogen-bond acceptors (Lipinski definition) is 4. The largest absolute Gasteiger partial charge is 0.343 e. The Morgan fingerprint density at radius 3 is 2.69 bits per heavy atom. The molecule has 0 radical (unpaired) electrons. The van der Waals surface area contributed by atoms with Gasteiger partial charge in [0.25, 0.3) is 0 Å². The second-order valence-corrected chi connectivity index (χ2v) is 2.94. The molecule has 0 N–H and O–H groups in total. The van der Waals surface area contributed by atoms with Crippen LogP contribution in [0, 0.1) is 0 Å². The number of aromatic nitrogens is 3. The third-order valence-electron chi connectivity index (χ3n) is 2.02. The second-order valence-electron chi connectivity index (χ2n) is 2.94. The van der Waals surface area contributed by atoms with Crippen molar-refractivity contribution in [3.63, 3.8) is 0 Å². The van der Waals surface area contributed by atoms with Crippen LogP contribution in [0.1, 0.15) is 24.9 Å². The SMILES string of the molecule is CCc1nc(C2OCCO2)nn1C. The fourth-order valence-electron chi connectivity index (χ4n) is 1.35. The van der Waals surface area contributed by atoms with Crippen LogP contribution in [0.5, 0.6) is 0 Å². The molecule has 1 aromatic rings. The Bertz CT molecular complexity index is 292. The van der Waals surface area contributed by atoms with Crippen LogP contribution in [0.15, 0.2) is 0 Å². The van der Waals surface area contributed by atoms with Crippen molar-refractivity contribution in [3.8, 4) is 0 Å². The normalized spacial score (nSPS) is 18.3. The van der Waals surface area contributed by atoms with Gasteiger partial charge in [0.15, 0.2) is 0 Å². The molecule has 2 heterocycles. The van der Waals surface area contributed by atoms with Gasteiger partial charge < -0.3 is 9.47 Å². The summed E-state index contributed by atoms with van der Waals surface area (Å²) in [6, 6.07) is 0. The van der Waals surface area contributed by atoms with E-state index in [4.69, 9.17) is 9.47 Å². The zero-order valence-electron chi connectivity index (χ0n) is 7.86. The highest BCUT2D eigenvalue weighted by atomic mass is 16.7. The van der Waals surface area contributed by atoms with Gasteiger partial charge in [-0.25, -0.2) is 4.98 Å². The molecule has 5 heteroatoms. The van der Waals surface area contributed by atoms with Gasteiger partial charge in [-0.1, -0.05) is 6.92 Å². The average Bonchev–Trinajstić information content (AvgIpc) is 2.71. The summed E-state index contributed by atoms with van der Waals surface area (Å²) >= 11 is 0. The van der Waals surface area contributed by atoms with E-state index in [-0.39, 0.29) is 6.29 Å². The molecular formula is C8H13N3O2. The Morgan fingerprint density at radius 2 is 2.15 bits per heavy atom. The summed E-state index contributed by atoms with van der Waals surface area (Å²) in [5, 5.41) is 4.22. The summed E-state index contributed by atoms with van der Waals surface area (Å²) in [5.41, 5.74) is 0. The minimum Gasteiger partial charge on any atom is -0.343 e. The molecular weight excluding hydrogens is 170 g/mol. The fraction of sp³-hybridized carbons (Fsp3) is 0.750. The van der Waals surface area contributed by atoms with E-state index in [1.807, 2.05) is 14.0 Å². The maximum absolute atomic E-state index is 5.29. The molecule has 0 amide bonds. The van der Waals surface area contributed by atoms with Crippen LogP contribution >= 0.6 is 0 Å². The zero-order valence-corrected chi connectivity index (χ0v) is 7.86. The summed E-state index contributed by atoms with van der Waals surface area (Å²) in [6.07, 6.45) is 0.516. The minimum atomic E-state index is -0.355. The van der Waals surface area contributed by atoms with Crippen molar-refractivity contribution in [2.75, 3.05) is 13.2 Å². The van der Waals surface area contributed by atoms with Crippen LogP contribution in [-0.2, 0) is 22.9 Å². The summed E-state index contributed by atoms with van der Waals surface area (Å²) < 4.78 is 12.3. The number of aryl methyl sites for hydroxylation is 2. The van der Waals surface area contributed by atoms with E-state index in [1.165, 1.54) is 0 Å². The van der Waals surface area contributed by atoms with Crippen molar-refractivity contribution in [3.05, 3.63) is 11.6 Å². The van der Waals surface area contributed by atoms with E-state index in [2.05, 4.69) is 10.1 Å². The molecule has 2 rings (SSSR count). The van der Waals surface area contributed by atoms with Crippen LogP contribution in [0.4, 0.5) is 0 Å². The van der Waals surface area contributed by atoms with Crippen molar-refractivity contribution in [1.29, 1.82) is 0 Å². The standard InChI is InChI=1S/C8H13N3O2/c1-3-6-9-7(10-11(6)2)8-12-4-5-13-8/h8H,3-5H2,1-2H3. The van der Waals surface area contributed by atoms with Crippen molar-refractivity contribution in [2.45, 2.75) is 19.6 Å². The quantitative estimate of drug-likeness (QED) is 0.666. The Hall–Kier alpha value is -0.940. The third-order valence-corrected chi connectivity index (χ3v) is 2.02. The van der Waals surface area contributed by atoms with Gasteiger partial charge in [0.05, 0.1) is 13.2 Å². The molecule has 0 spiro atoms. The molecule has 72 valence electrons. The summed E-state index contributed by atoms with van der Waals surface area (Å²) in [6.45, 7) is 3.30. The van der Waals surface area contributed by atoms with Gasteiger partial charge in [-0.3, -0.25) is 4.68 Å². The minimum absolute atomic E-state index is 0.355. The lowest BCUT2D eigenvalue weighted by Crippen LogP contribution is -2.01. The van der Waals surface area contributed by atoms with Crippen LogP contribution in [0.3, 0.4) is 0 Å². The number of rotatable bonds is 2. The summed E-state index contributed by atoms with van der Waals surface area (Å²) in [4.78, 5) is 4.31. The topological polar surface area (TPSA) is 49.2 Å². The first-order chi connectivity index (χ1) is 6.31. The monoisotopic (exact) mass is 183 g/mol. The predicted octanol–water partition coefficient (Wildman–Crippen LogP) is 0.423. The van der Waals surface area contributed by atoms with E-state index in [0.717, 1.165) is 12.2 Å². The van der Waals surface area contributed by atoms with Gasteiger partial charge in [-0.05, 0) is 0 Å². The van der Waals surface area contributed by atoms with E-state index in [1.54, 1.807) is 4.68 Å². The second kappa shape index (κ2) is 3.43. The number of hydrogen-bond donors (Lipinski definition) is 0. The molecule has 1 saturated heterocycles. The van der Waals surface area contributed by atoms with Gasteiger partial charge in [0.1, 0.15) is 5.82 Å². The van der Waals surface area contributed by atoms with E-state index in [0.29, 0.717) is 19.0 Å². The van der Waals surface area contributed by atoms with Gasteiger partial charge in [-0.2, -0.15) is 5.10 Å². The highest BCUT2D eigenvalue weighted by Gasteiger charge is 2.23. The van der Waals surface area contributed by atoms with E-state index < -0.39 is 0 Å². The van der Waals surface area contributed by atoms with Gasteiger partial charge >= 0.3 is 0 Å². The highest BCUT2D eigenvalue weighted by Crippen LogP contribution is 2.19. The van der Waals surface area contributed by atoms with Gasteiger partial charge in [0.2, 0.25) is 12.1 Å². The molecule has 1 aliphatic rings. The third kappa shape index (κ3) is 1.57. The molecule has 0 atom stereocenters. The Labute approximate surface area is 76.7 Å². The molecule has 0 aliphatic carbocycles. The van der Waals surface area contributed by atoms with Crippen LogP contribution in [0.2, 0.25) is 0 Å². The molecule has 0 aromatic carbocycles. The van der Waals surface area contributed by atoms with Crippen LogP contribution < -0.4 is 0 Å². The first-order valence-corrected chi connectivity index (χ1v) is 4.44. The number of ether oxygens (including phenoxy) is 2. The molecule has 13 heavy (non-hydrogen) atoms. The Kier molecular flexibility index (Phi) is 2.28. The smallest absolute Gasteiger partial charge is 0.221 e. The molecule has 1 aromatic heterocycles. The summed E-state index contributed by atoms with van der Waals surface area (Å²) in [5.74, 6) is 1.59. The molecule has 0 bridgehead atoms. The van der Waals surface area contributed by atoms with Crippen molar-refractivity contribution < 1.29 is 9.47 Å². The molecule has 0 saturated carbocycles. The van der Waals surface area contributed by atoms with Crippen molar-refractivity contribution in [1.82, 2.24) is 14.8 Å². The lowest BCUT2D eigenvalue weighted by atomic mass is 10.4. The molecule has 1 fully saturated rings. The Morgan fingerprint density at radius 1 is 1.46 bits per heavy atom. The Balaban J connectivity index is 2.20. The zero-order chi connectivity index (χ0) is 9.26. The lowest BCUT2D eigenvalue weighted by Gasteiger charge is -2.01. The van der Waals surface area contributed by atoms with Gasteiger partial charge in [-0.15, -0.1) is 0 Å². The number of nitrogens with zero attached hydrogens (tertiary/aromatic N) is 3. The fourth-order valence-corrected chi connectivity index (χ4v) is 1.35. The van der Waals surface area contributed by atoms with Crippen molar-refractivity contribution >= 4 is 0 Å². The summed E-state index contributed by atoms with van der Waals surface area (Å²) in [7, 11) is 1.88. The molecule has 5 nitrogen and oxygen atoms in total. The average molecular weight is 183 g/mol. The lowest BCUT2D eigenvalue weighted by molar-refractivity contribution is -0.0507. The first kappa shape index (κ1) is 8.65. The molecule has 0 unspecified atom stereocenters. The molecule has 1 aliphatic heterocycles. The van der Waals surface area contributed by atoms with E-state index in [9.17, 15) is 0 Å². The predicted molar refractivity (Wildman–Crippen MR) is 45.0 cm³/mol. The van der Waals surface area contributed by atoms with Gasteiger partial charge in [0, 0.05) is 13.5 Å². The van der Waals surface area contributed by atoms with Crippen molar-refractivity contribution in [2.24, 2.45) is 7.05 Å². The maximum atomic E-state index is 5.29.